The van der Waals surface area contributed by atoms with Crippen molar-refractivity contribution < 1.29 is 42.3 Å². The second-order valence-electron chi connectivity index (χ2n) is 12.2. The molecule has 1 saturated heterocycles. The molecule has 46 heavy (non-hydrogen) atoms. The van der Waals surface area contributed by atoms with Crippen LogP contribution in [0.4, 0.5) is 9.59 Å². The van der Waals surface area contributed by atoms with Crippen molar-refractivity contribution in [3.05, 3.63) is 35.9 Å². The lowest BCUT2D eigenvalue weighted by molar-refractivity contribution is -0.0304. The standard InChI is InChI=1S/C33H58BN2O9P/c1-3-4-5-6-7-8-9-10-11-12-13-14-18-23-35-32(37)36-24-19-22-28-30(45-46(39,40)41-2)29(44-31(28)34)26-43-33(38)42-25-27-20-16-15-17-21-27/h15-17,20-21,28-31H,3-14,18-19,22-26,34H2,1-2H3,(H,39,40)(H2,35,36,37)/t28-,29+,30?,31+/m0/s1. The Balaban J connectivity index is 1.60. The Labute approximate surface area is 277 Å². The van der Waals surface area contributed by atoms with Crippen molar-refractivity contribution in [1.29, 1.82) is 0 Å². The van der Waals surface area contributed by atoms with Crippen LogP contribution in [0.2, 0.25) is 0 Å². The van der Waals surface area contributed by atoms with Crippen LogP contribution >= 0.6 is 7.82 Å². The van der Waals surface area contributed by atoms with Gasteiger partial charge in [-0.3, -0.25) is 9.05 Å². The molecule has 262 valence electrons. The molecule has 13 heteroatoms. The molecule has 1 aromatic rings. The first-order valence-electron chi connectivity index (χ1n) is 17.3. The zero-order chi connectivity index (χ0) is 33.5. The molecule has 3 N–H and O–H groups in total. The summed E-state index contributed by atoms with van der Waals surface area (Å²) < 4.78 is 38.7. The molecule has 2 amide bonds. The number of unbranched alkanes of at least 4 members (excludes halogenated alkanes) is 12. The predicted molar refractivity (Wildman–Crippen MR) is 181 cm³/mol. The number of hydrogen-bond acceptors (Lipinski definition) is 8. The minimum atomic E-state index is -4.34. The summed E-state index contributed by atoms with van der Waals surface area (Å²) in [6.45, 7) is 3.16. The Kier molecular flexibility index (Phi) is 21.0. The van der Waals surface area contributed by atoms with E-state index in [0.717, 1.165) is 25.5 Å². The third kappa shape index (κ3) is 17.7. The monoisotopic (exact) mass is 668 g/mol. The molecular weight excluding hydrogens is 610 g/mol. The van der Waals surface area contributed by atoms with E-state index in [-0.39, 0.29) is 31.2 Å². The fraction of sp³-hybridized carbons (Fsp3) is 0.758. The molecule has 0 radical (unpaired) electrons. The van der Waals surface area contributed by atoms with Gasteiger partial charge in [-0.05, 0) is 24.8 Å². The molecule has 0 aromatic heterocycles. The van der Waals surface area contributed by atoms with Crippen LogP contribution in [-0.2, 0) is 34.4 Å². The van der Waals surface area contributed by atoms with E-state index >= 15 is 0 Å². The number of urea groups is 1. The van der Waals surface area contributed by atoms with Gasteiger partial charge in [0.1, 0.15) is 33.3 Å². The quantitative estimate of drug-likeness (QED) is 0.0454. The molecule has 1 aromatic carbocycles. The van der Waals surface area contributed by atoms with Crippen molar-refractivity contribution in [2.75, 3.05) is 26.8 Å². The van der Waals surface area contributed by atoms with E-state index in [1.165, 1.54) is 70.6 Å². The molecule has 1 fully saturated rings. The smallest absolute Gasteiger partial charge is 0.431 e. The summed E-state index contributed by atoms with van der Waals surface area (Å²) in [5.41, 5.74) is 0.814. The highest BCUT2D eigenvalue weighted by Crippen LogP contribution is 2.48. The van der Waals surface area contributed by atoms with Crippen LogP contribution in [0, 0.1) is 5.92 Å². The summed E-state index contributed by atoms with van der Waals surface area (Å²) in [7, 11) is -1.43. The molecule has 0 bridgehead atoms. The Hall–Kier alpha value is -2.11. The summed E-state index contributed by atoms with van der Waals surface area (Å²) in [5, 5.41) is 5.79. The van der Waals surface area contributed by atoms with Gasteiger partial charge >= 0.3 is 20.0 Å². The van der Waals surface area contributed by atoms with Crippen molar-refractivity contribution in [3.8, 4) is 0 Å². The number of phosphoric ester groups is 1. The Bertz CT molecular complexity index is 1010. The maximum absolute atomic E-state index is 12.3. The van der Waals surface area contributed by atoms with Gasteiger partial charge in [-0.15, -0.1) is 0 Å². The summed E-state index contributed by atoms with van der Waals surface area (Å²) >= 11 is 0. The van der Waals surface area contributed by atoms with E-state index < -0.39 is 26.2 Å². The van der Waals surface area contributed by atoms with Gasteiger partial charge in [0.05, 0.1) is 0 Å². The van der Waals surface area contributed by atoms with Crippen LogP contribution in [0.5, 0.6) is 0 Å². The Morgan fingerprint density at radius 1 is 0.870 bits per heavy atom. The van der Waals surface area contributed by atoms with Crippen molar-refractivity contribution in [1.82, 2.24) is 10.6 Å². The van der Waals surface area contributed by atoms with Gasteiger partial charge in [0, 0.05) is 32.1 Å². The fourth-order valence-electron chi connectivity index (χ4n) is 5.73. The largest absolute Gasteiger partial charge is 0.508 e. The van der Waals surface area contributed by atoms with Gasteiger partial charge in [-0.1, -0.05) is 114 Å². The molecule has 11 nitrogen and oxygen atoms in total. The van der Waals surface area contributed by atoms with Crippen LogP contribution in [-0.4, -0.2) is 69.9 Å². The van der Waals surface area contributed by atoms with Crippen molar-refractivity contribution >= 4 is 27.9 Å². The number of hydrogen-bond donors (Lipinski definition) is 3. The van der Waals surface area contributed by atoms with E-state index in [4.69, 9.17) is 18.7 Å². The lowest BCUT2D eigenvalue weighted by Crippen LogP contribution is -2.37. The lowest BCUT2D eigenvalue weighted by Gasteiger charge is -2.25. The molecule has 1 aliphatic heterocycles. The summed E-state index contributed by atoms with van der Waals surface area (Å²) in [5.74, 6) is -0.291. The molecular formula is C33H58BN2O9P. The SMILES string of the molecule is B[C@@H]1O[C@H](COC(=O)OCc2ccccc2)C(OP(=O)(O)OC)[C@@H]1CCCNC(=O)NCCCCCCCCCCCCCCC. The highest BCUT2D eigenvalue weighted by molar-refractivity contribution is 7.47. The maximum atomic E-state index is 12.3. The number of amides is 2. The van der Waals surface area contributed by atoms with E-state index in [9.17, 15) is 19.0 Å². The van der Waals surface area contributed by atoms with Gasteiger partial charge < -0.3 is 29.7 Å². The predicted octanol–water partition coefficient (Wildman–Crippen LogP) is 6.62. The van der Waals surface area contributed by atoms with Crippen LogP contribution < -0.4 is 10.6 Å². The average Bonchev–Trinajstić information content (AvgIpc) is 3.34. The molecule has 2 unspecified atom stereocenters. The van der Waals surface area contributed by atoms with E-state index in [2.05, 4.69) is 22.1 Å². The third-order valence-corrected chi connectivity index (χ3v) is 9.37. The summed E-state index contributed by atoms with van der Waals surface area (Å²) in [6.07, 6.45) is 15.3. The Morgan fingerprint density at radius 3 is 2.02 bits per heavy atom. The van der Waals surface area contributed by atoms with Gasteiger partial charge in [0.25, 0.3) is 0 Å². The highest BCUT2D eigenvalue weighted by atomic mass is 31.2. The second-order valence-corrected chi connectivity index (χ2v) is 13.7. The van der Waals surface area contributed by atoms with Crippen LogP contribution in [0.15, 0.2) is 30.3 Å². The number of phosphoric acid groups is 1. The first-order valence-corrected chi connectivity index (χ1v) is 18.8. The minimum absolute atomic E-state index is 0.0552. The number of ether oxygens (including phenoxy) is 3. The number of benzene rings is 1. The average molecular weight is 669 g/mol. The first kappa shape index (κ1) is 40.1. The van der Waals surface area contributed by atoms with Crippen LogP contribution in [0.25, 0.3) is 0 Å². The Morgan fingerprint density at radius 2 is 1.43 bits per heavy atom. The third-order valence-electron chi connectivity index (χ3n) is 8.40. The molecule has 1 heterocycles. The summed E-state index contributed by atoms with van der Waals surface area (Å²) in [4.78, 5) is 34.4. The van der Waals surface area contributed by atoms with Gasteiger partial charge in [-0.2, -0.15) is 0 Å². The molecule has 0 spiro atoms. The summed E-state index contributed by atoms with van der Waals surface area (Å²) in [6, 6.07) is 8.64. The molecule has 0 aliphatic carbocycles. The van der Waals surface area contributed by atoms with Crippen molar-refractivity contribution in [3.63, 3.8) is 0 Å². The zero-order valence-electron chi connectivity index (χ0n) is 28.3. The van der Waals surface area contributed by atoms with E-state index in [0.29, 0.717) is 25.9 Å². The van der Waals surface area contributed by atoms with Gasteiger partial charge in [-0.25, -0.2) is 14.2 Å². The number of nitrogens with one attached hydrogen (secondary N) is 2. The second kappa shape index (κ2) is 24.1. The van der Waals surface area contributed by atoms with E-state index in [1.54, 1.807) is 0 Å². The first-order chi connectivity index (χ1) is 22.3. The zero-order valence-corrected chi connectivity index (χ0v) is 29.2. The van der Waals surface area contributed by atoms with Crippen LogP contribution in [0.3, 0.4) is 0 Å². The normalized spacial score (nSPS) is 20.6. The number of rotatable bonds is 25. The lowest BCUT2D eigenvalue weighted by atomic mass is 9.82. The number of carbonyl (C=O) groups excluding carboxylic acids is 2. The number of carbonyl (C=O) groups is 2. The molecule has 0 saturated carbocycles. The maximum Gasteiger partial charge on any atom is 0.508 e. The fourth-order valence-corrected chi connectivity index (χ4v) is 6.41. The van der Waals surface area contributed by atoms with Gasteiger partial charge in [0.2, 0.25) is 0 Å². The highest BCUT2D eigenvalue weighted by Gasteiger charge is 2.46. The minimum Gasteiger partial charge on any atom is -0.431 e. The van der Waals surface area contributed by atoms with Crippen molar-refractivity contribution in [2.24, 2.45) is 5.92 Å². The van der Waals surface area contributed by atoms with Crippen LogP contribution in [0.1, 0.15) is 109 Å². The topological polar surface area (TPSA) is 142 Å². The molecule has 1 aliphatic rings. The van der Waals surface area contributed by atoms with Gasteiger partial charge in [0.15, 0.2) is 0 Å². The molecule has 2 rings (SSSR count). The van der Waals surface area contributed by atoms with Crippen molar-refractivity contribution in [2.45, 2.75) is 128 Å². The molecule has 5 atom stereocenters. The van der Waals surface area contributed by atoms with E-state index in [1.807, 2.05) is 38.2 Å².